The molecular formula is C26H26F4O2. The van der Waals surface area contributed by atoms with Crippen LogP contribution in [-0.4, -0.2) is 13.0 Å². The lowest BCUT2D eigenvalue weighted by molar-refractivity contribution is -0.274. The van der Waals surface area contributed by atoms with E-state index in [1.807, 2.05) is 0 Å². The molecule has 0 aliphatic heterocycles. The Balaban J connectivity index is 1.62. The Morgan fingerprint density at radius 2 is 1.25 bits per heavy atom. The molecule has 3 rings (SSSR count). The molecule has 0 unspecified atom stereocenters. The molecule has 0 aromatic heterocycles. The number of ether oxygens (including phenoxy) is 2. The van der Waals surface area contributed by atoms with Crippen LogP contribution < -0.4 is 9.47 Å². The topological polar surface area (TPSA) is 18.5 Å². The van der Waals surface area contributed by atoms with Gasteiger partial charge in [-0.2, -0.15) is 0 Å². The smallest absolute Gasteiger partial charge is 0.493 e. The van der Waals surface area contributed by atoms with Crippen molar-refractivity contribution in [2.45, 2.75) is 45.4 Å². The lowest BCUT2D eigenvalue weighted by Crippen LogP contribution is -2.16. The van der Waals surface area contributed by atoms with Gasteiger partial charge in [0.25, 0.3) is 0 Å². The summed E-state index contributed by atoms with van der Waals surface area (Å²) >= 11 is 0. The van der Waals surface area contributed by atoms with E-state index in [-0.39, 0.29) is 11.6 Å². The predicted molar refractivity (Wildman–Crippen MR) is 118 cm³/mol. The van der Waals surface area contributed by atoms with Crippen molar-refractivity contribution in [2.75, 3.05) is 6.61 Å². The van der Waals surface area contributed by atoms with E-state index in [0.29, 0.717) is 23.5 Å². The number of rotatable bonds is 10. The minimum atomic E-state index is -4.72. The van der Waals surface area contributed by atoms with Crippen LogP contribution in [-0.2, 0) is 0 Å². The molecule has 3 aromatic carbocycles. The fourth-order valence-corrected chi connectivity index (χ4v) is 3.41. The van der Waals surface area contributed by atoms with Crippen molar-refractivity contribution >= 4 is 0 Å². The van der Waals surface area contributed by atoms with Gasteiger partial charge in [-0.15, -0.1) is 13.2 Å². The van der Waals surface area contributed by atoms with Gasteiger partial charge in [-0.25, -0.2) is 4.39 Å². The summed E-state index contributed by atoms with van der Waals surface area (Å²) in [5.74, 6) is -0.127. The second kappa shape index (κ2) is 11.0. The van der Waals surface area contributed by atoms with E-state index in [2.05, 4.69) is 11.7 Å². The van der Waals surface area contributed by atoms with Gasteiger partial charge in [0.2, 0.25) is 0 Å². The standard InChI is InChI=1S/C26H26F4O2/c1-2-3-4-5-6-17-31-23-15-16-24(25(27)18-23)21-9-7-19(8-10-21)20-11-13-22(14-12-20)32-26(28,29)30/h7-16,18H,2-6,17H2,1H3. The van der Waals surface area contributed by atoms with Crippen LogP contribution in [0.25, 0.3) is 22.3 Å². The molecule has 0 aliphatic rings. The highest BCUT2D eigenvalue weighted by Gasteiger charge is 2.30. The number of benzene rings is 3. The molecule has 0 N–H and O–H groups in total. The first-order valence-corrected chi connectivity index (χ1v) is 10.7. The number of hydrogen-bond acceptors (Lipinski definition) is 2. The van der Waals surface area contributed by atoms with E-state index in [4.69, 9.17) is 4.74 Å². The first-order chi connectivity index (χ1) is 15.4. The highest BCUT2D eigenvalue weighted by atomic mass is 19.4. The van der Waals surface area contributed by atoms with Crippen molar-refractivity contribution in [1.29, 1.82) is 0 Å². The van der Waals surface area contributed by atoms with Crippen molar-refractivity contribution in [2.24, 2.45) is 0 Å². The molecular weight excluding hydrogens is 420 g/mol. The van der Waals surface area contributed by atoms with Crippen molar-refractivity contribution in [3.05, 3.63) is 72.5 Å². The average molecular weight is 446 g/mol. The Bertz CT molecular complexity index is 980. The van der Waals surface area contributed by atoms with Crippen LogP contribution in [0.3, 0.4) is 0 Å². The number of alkyl halides is 3. The first kappa shape index (κ1) is 23.6. The van der Waals surface area contributed by atoms with Gasteiger partial charge in [0.05, 0.1) is 6.61 Å². The maximum absolute atomic E-state index is 14.6. The Kier molecular flexibility index (Phi) is 8.14. The largest absolute Gasteiger partial charge is 0.573 e. The molecule has 0 bridgehead atoms. The van der Waals surface area contributed by atoms with Gasteiger partial charge in [-0.1, -0.05) is 69.0 Å². The summed E-state index contributed by atoms with van der Waals surface area (Å²) < 4.78 is 61.0. The van der Waals surface area contributed by atoms with E-state index < -0.39 is 6.36 Å². The van der Waals surface area contributed by atoms with E-state index in [1.165, 1.54) is 37.5 Å². The summed E-state index contributed by atoms with van der Waals surface area (Å²) in [7, 11) is 0. The second-order valence-corrected chi connectivity index (χ2v) is 7.55. The number of hydrogen-bond donors (Lipinski definition) is 0. The Hall–Kier alpha value is -3.02. The molecule has 3 aromatic rings. The van der Waals surface area contributed by atoms with E-state index in [0.717, 1.165) is 24.0 Å². The first-order valence-electron chi connectivity index (χ1n) is 10.7. The lowest BCUT2D eigenvalue weighted by atomic mass is 10.00. The third kappa shape index (κ3) is 7.01. The van der Waals surface area contributed by atoms with Crippen LogP contribution in [0.2, 0.25) is 0 Å². The number of unbranched alkanes of at least 4 members (excludes halogenated alkanes) is 4. The van der Waals surface area contributed by atoms with E-state index in [9.17, 15) is 17.6 Å². The third-order valence-corrected chi connectivity index (χ3v) is 5.07. The van der Waals surface area contributed by atoms with Crippen molar-refractivity contribution in [3.8, 4) is 33.8 Å². The van der Waals surface area contributed by atoms with Gasteiger partial charge >= 0.3 is 6.36 Å². The Labute approximate surface area is 185 Å². The normalized spacial score (nSPS) is 11.4. The number of halogens is 4. The van der Waals surface area contributed by atoms with Crippen molar-refractivity contribution < 1.29 is 27.0 Å². The maximum atomic E-state index is 14.6. The monoisotopic (exact) mass is 446 g/mol. The fourth-order valence-electron chi connectivity index (χ4n) is 3.41. The summed E-state index contributed by atoms with van der Waals surface area (Å²) in [6.07, 6.45) is 0.946. The molecule has 32 heavy (non-hydrogen) atoms. The van der Waals surface area contributed by atoms with Crippen LogP contribution >= 0.6 is 0 Å². The molecule has 0 radical (unpaired) electrons. The molecule has 0 fully saturated rings. The summed E-state index contributed by atoms with van der Waals surface area (Å²) in [6, 6.07) is 17.6. The van der Waals surface area contributed by atoms with Gasteiger partial charge < -0.3 is 9.47 Å². The Morgan fingerprint density at radius 1 is 0.688 bits per heavy atom. The van der Waals surface area contributed by atoms with Gasteiger partial charge in [0, 0.05) is 11.6 Å². The van der Waals surface area contributed by atoms with Crippen LogP contribution in [0, 0.1) is 5.82 Å². The molecule has 0 saturated heterocycles. The van der Waals surface area contributed by atoms with E-state index >= 15 is 0 Å². The predicted octanol–water partition coefficient (Wildman–Crippen LogP) is 8.41. The van der Waals surface area contributed by atoms with Crippen LogP contribution in [0.15, 0.2) is 66.7 Å². The summed E-state index contributed by atoms with van der Waals surface area (Å²) in [5.41, 5.74) is 2.69. The quantitative estimate of drug-likeness (QED) is 0.230. The molecule has 0 aliphatic carbocycles. The summed E-state index contributed by atoms with van der Waals surface area (Å²) in [4.78, 5) is 0. The SMILES string of the molecule is CCCCCCCOc1ccc(-c2ccc(-c3ccc(OC(F)(F)F)cc3)cc2)c(F)c1. The van der Waals surface area contributed by atoms with Crippen molar-refractivity contribution in [1.82, 2.24) is 0 Å². The minimum absolute atomic E-state index is 0.275. The highest BCUT2D eigenvalue weighted by molar-refractivity contribution is 5.71. The third-order valence-electron chi connectivity index (χ3n) is 5.07. The highest BCUT2D eigenvalue weighted by Crippen LogP contribution is 2.30. The fraction of sp³-hybridized carbons (Fsp3) is 0.308. The average Bonchev–Trinajstić information content (AvgIpc) is 2.76. The van der Waals surface area contributed by atoms with Crippen LogP contribution in [0.1, 0.15) is 39.0 Å². The molecule has 6 heteroatoms. The zero-order valence-electron chi connectivity index (χ0n) is 17.9. The minimum Gasteiger partial charge on any atom is -0.493 e. The van der Waals surface area contributed by atoms with Gasteiger partial charge in [0.1, 0.15) is 17.3 Å². The van der Waals surface area contributed by atoms with Crippen LogP contribution in [0.4, 0.5) is 17.6 Å². The molecule has 0 amide bonds. The molecule has 0 atom stereocenters. The summed E-state index contributed by atoms with van der Waals surface area (Å²) in [5, 5.41) is 0. The molecule has 0 heterocycles. The van der Waals surface area contributed by atoms with Gasteiger partial charge in [0.15, 0.2) is 0 Å². The van der Waals surface area contributed by atoms with Gasteiger partial charge in [-0.3, -0.25) is 0 Å². The zero-order chi connectivity index (χ0) is 23.0. The zero-order valence-corrected chi connectivity index (χ0v) is 17.9. The van der Waals surface area contributed by atoms with Gasteiger partial charge in [-0.05, 0) is 47.4 Å². The van der Waals surface area contributed by atoms with E-state index in [1.54, 1.807) is 48.5 Å². The molecule has 0 spiro atoms. The molecule has 2 nitrogen and oxygen atoms in total. The summed E-state index contributed by atoms with van der Waals surface area (Å²) in [6.45, 7) is 2.74. The second-order valence-electron chi connectivity index (χ2n) is 7.55. The molecule has 170 valence electrons. The Morgan fingerprint density at radius 3 is 1.84 bits per heavy atom. The lowest BCUT2D eigenvalue weighted by Gasteiger charge is -2.11. The van der Waals surface area contributed by atoms with Crippen molar-refractivity contribution in [3.63, 3.8) is 0 Å². The van der Waals surface area contributed by atoms with Crippen LogP contribution in [0.5, 0.6) is 11.5 Å². The maximum Gasteiger partial charge on any atom is 0.573 e. The molecule has 0 saturated carbocycles.